The van der Waals surface area contributed by atoms with Gasteiger partial charge in [-0.1, -0.05) is 29.8 Å². The largest absolute Gasteiger partial charge is 0.384 e. The number of benzene rings is 1. The summed E-state index contributed by atoms with van der Waals surface area (Å²) in [5.74, 6) is -0.211. The molecule has 7 heteroatoms. The first-order valence-electron chi connectivity index (χ1n) is 9.82. The van der Waals surface area contributed by atoms with Gasteiger partial charge in [0, 0.05) is 38.6 Å². The SMILES string of the molecule is COCC1(CNC(=O)C2CC(=O)N(Cc3ccc(C)cc3)C2)CCNCC1.Cl. The number of hydrogen-bond acceptors (Lipinski definition) is 4. The Kier molecular flexibility index (Phi) is 8.28. The second kappa shape index (κ2) is 10.2. The maximum atomic E-state index is 12.7. The lowest BCUT2D eigenvalue weighted by Gasteiger charge is -2.37. The highest BCUT2D eigenvalue weighted by Crippen LogP contribution is 2.29. The maximum absolute atomic E-state index is 12.7. The molecule has 1 aromatic carbocycles. The third-order valence-electron chi connectivity index (χ3n) is 5.83. The smallest absolute Gasteiger partial charge is 0.225 e. The molecule has 156 valence electrons. The van der Waals surface area contributed by atoms with Gasteiger partial charge in [0.2, 0.25) is 11.8 Å². The Morgan fingerprint density at radius 1 is 1.29 bits per heavy atom. The van der Waals surface area contributed by atoms with Gasteiger partial charge in [0.05, 0.1) is 12.5 Å². The predicted molar refractivity (Wildman–Crippen MR) is 111 cm³/mol. The van der Waals surface area contributed by atoms with Gasteiger partial charge in [-0.25, -0.2) is 0 Å². The van der Waals surface area contributed by atoms with Crippen molar-refractivity contribution in [3.05, 3.63) is 35.4 Å². The molecule has 0 aromatic heterocycles. The van der Waals surface area contributed by atoms with E-state index in [1.807, 2.05) is 31.2 Å². The number of likely N-dealkylation sites (tertiary alicyclic amines) is 1. The predicted octanol–water partition coefficient (Wildman–Crippen LogP) is 1.90. The molecule has 0 bridgehead atoms. The number of nitrogens with zero attached hydrogens (tertiary/aromatic N) is 1. The van der Waals surface area contributed by atoms with Crippen LogP contribution in [0.25, 0.3) is 0 Å². The number of rotatable bonds is 7. The molecular formula is C21H32ClN3O3. The van der Waals surface area contributed by atoms with E-state index in [-0.39, 0.29) is 35.6 Å². The second-order valence-electron chi connectivity index (χ2n) is 8.06. The molecule has 2 amide bonds. The molecule has 6 nitrogen and oxygen atoms in total. The summed E-state index contributed by atoms with van der Waals surface area (Å²) in [6, 6.07) is 8.19. The van der Waals surface area contributed by atoms with Crippen molar-refractivity contribution in [2.45, 2.75) is 32.7 Å². The van der Waals surface area contributed by atoms with Gasteiger partial charge in [-0.3, -0.25) is 9.59 Å². The standard InChI is InChI=1S/C21H31N3O3.ClH/c1-16-3-5-17(6-4-16)12-24-13-18(11-19(24)25)20(26)23-14-21(15-27-2)7-9-22-10-8-21;/h3-6,18,22H,7-15H2,1-2H3,(H,23,26);1H. The maximum Gasteiger partial charge on any atom is 0.225 e. The third-order valence-corrected chi connectivity index (χ3v) is 5.83. The minimum absolute atomic E-state index is 0. The molecule has 3 rings (SSSR count). The van der Waals surface area contributed by atoms with Gasteiger partial charge in [0.15, 0.2) is 0 Å². The van der Waals surface area contributed by atoms with Crippen molar-refractivity contribution in [3.63, 3.8) is 0 Å². The molecule has 0 spiro atoms. The zero-order valence-electron chi connectivity index (χ0n) is 16.8. The summed E-state index contributed by atoms with van der Waals surface area (Å²) in [7, 11) is 1.71. The van der Waals surface area contributed by atoms with Crippen LogP contribution in [0.3, 0.4) is 0 Å². The van der Waals surface area contributed by atoms with Gasteiger partial charge in [0.25, 0.3) is 0 Å². The number of carbonyl (C=O) groups excluding carboxylic acids is 2. The quantitative estimate of drug-likeness (QED) is 0.721. The van der Waals surface area contributed by atoms with Crippen molar-refractivity contribution in [3.8, 4) is 0 Å². The Hall–Kier alpha value is -1.63. The lowest BCUT2D eigenvalue weighted by atomic mass is 9.79. The minimum atomic E-state index is -0.260. The van der Waals surface area contributed by atoms with E-state index in [9.17, 15) is 9.59 Å². The van der Waals surface area contributed by atoms with Crippen molar-refractivity contribution in [2.24, 2.45) is 11.3 Å². The van der Waals surface area contributed by atoms with Crippen LogP contribution >= 0.6 is 12.4 Å². The number of aryl methyl sites for hydroxylation is 1. The topological polar surface area (TPSA) is 70.7 Å². The molecular weight excluding hydrogens is 378 g/mol. The summed E-state index contributed by atoms with van der Waals surface area (Å²) in [5.41, 5.74) is 2.30. The molecule has 2 aliphatic heterocycles. The van der Waals surface area contributed by atoms with Crippen LogP contribution in [0.4, 0.5) is 0 Å². The van der Waals surface area contributed by atoms with Crippen molar-refractivity contribution in [1.29, 1.82) is 0 Å². The molecule has 0 saturated carbocycles. The number of methoxy groups -OCH3 is 1. The summed E-state index contributed by atoms with van der Waals surface area (Å²) in [6.45, 7) is 6.28. The summed E-state index contributed by atoms with van der Waals surface area (Å²) >= 11 is 0. The fraction of sp³-hybridized carbons (Fsp3) is 0.619. The number of amides is 2. The van der Waals surface area contributed by atoms with Gasteiger partial charge in [-0.05, 0) is 38.4 Å². The van der Waals surface area contributed by atoms with E-state index in [0.29, 0.717) is 32.7 Å². The molecule has 2 heterocycles. The Bertz CT molecular complexity index is 654. The number of halogens is 1. The van der Waals surface area contributed by atoms with Gasteiger partial charge in [-0.2, -0.15) is 0 Å². The Morgan fingerprint density at radius 2 is 1.96 bits per heavy atom. The summed E-state index contributed by atoms with van der Waals surface area (Å²) in [6.07, 6.45) is 2.28. The molecule has 2 aliphatic rings. The lowest BCUT2D eigenvalue weighted by Crippen LogP contribution is -2.48. The zero-order valence-corrected chi connectivity index (χ0v) is 17.6. The van der Waals surface area contributed by atoms with Crippen molar-refractivity contribution in [1.82, 2.24) is 15.5 Å². The van der Waals surface area contributed by atoms with Crippen LogP contribution in [0, 0.1) is 18.3 Å². The van der Waals surface area contributed by atoms with E-state index in [1.54, 1.807) is 12.0 Å². The Labute approximate surface area is 173 Å². The van der Waals surface area contributed by atoms with Gasteiger partial charge < -0.3 is 20.3 Å². The van der Waals surface area contributed by atoms with Crippen LogP contribution in [-0.4, -0.2) is 56.6 Å². The molecule has 2 fully saturated rings. The third kappa shape index (κ3) is 5.69. The number of nitrogens with one attached hydrogen (secondary N) is 2. The monoisotopic (exact) mass is 409 g/mol. The van der Waals surface area contributed by atoms with Crippen LogP contribution in [-0.2, 0) is 20.9 Å². The van der Waals surface area contributed by atoms with E-state index in [2.05, 4.69) is 10.6 Å². The molecule has 1 aromatic rings. The summed E-state index contributed by atoms with van der Waals surface area (Å²) in [5, 5.41) is 6.47. The van der Waals surface area contributed by atoms with Gasteiger partial charge in [-0.15, -0.1) is 12.4 Å². The first kappa shape index (κ1) is 22.7. The van der Waals surface area contributed by atoms with Crippen LogP contribution in [0.5, 0.6) is 0 Å². The van der Waals surface area contributed by atoms with Crippen LogP contribution < -0.4 is 10.6 Å². The molecule has 28 heavy (non-hydrogen) atoms. The number of carbonyl (C=O) groups is 2. The second-order valence-corrected chi connectivity index (χ2v) is 8.06. The van der Waals surface area contributed by atoms with Crippen LogP contribution in [0.1, 0.15) is 30.4 Å². The van der Waals surface area contributed by atoms with E-state index in [1.165, 1.54) is 5.56 Å². The van der Waals surface area contributed by atoms with E-state index in [0.717, 1.165) is 31.5 Å². The number of ether oxygens (including phenoxy) is 1. The van der Waals surface area contributed by atoms with Crippen LogP contribution in [0.2, 0.25) is 0 Å². The van der Waals surface area contributed by atoms with Gasteiger partial charge in [0.1, 0.15) is 0 Å². The van der Waals surface area contributed by atoms with Crippen molar-refractivity contribution < 1.29 is 14.3 Å². The average molecular weight is 410 g/mol. The van der Waals surface area contributed by atoms with E-state index >= 15 is 0 Å². The highest BCUT2D eigenvalue weighted by atomic mass is 35.5. The highest BCUT2D eigenvalue weighted by molar-refractivity contribution is 5.89. The number of piperidine rings is 1. The zero-order chi connectivity index (χ0) is 19.3. The molecule has 1 unspecified atom stereocenters. The summed E-state index contributed by atoms with van der Waals surface area (Å²) in [4.78, 5) is 26.8. The lowest BCUT2D eigenvalue weighted by molar-refractivity contribution is -0.129. The number of hydrogen-bond donors (Lipinski definition) is 2. The molecule has 2 N–H and O–H groups in total. The minimum Gasteiger partial charge on any atom is -0.384 e. The Morgan fingerprint density at radius 3 is 2.61 bits per heavy atom. The van der Waals surface area contributed by atoms with E-state index < -0.39 is 0 Å². The van der Waals surface area contributed by atoms with Crippen molar-refractivity contribution in [2.75, 3.05) is 39.9 Å². The summed E-state index contributed by atoms with van der Waals surface area (Å²) < 4.78 is 5.41. The molecule has 0 radical (unpaired) electrons. The average Bonchev–Trinajstić information content (AvgIpc) is 3.03. The van der Waals surface area contributed by atoms with E-state index in [4.69, 9.17) is 4.74 Å². The van der Waals surface area contributed by atoms with Crippen LogP contribution in [0.15, 0.2) is 24.3 Å². The molecule has 0 aliphatic carbocycles. The molecule has 2 saturated heterocycles. The Balaban J connectivity index is 0.00000280. The molecule has 1 atom stereocenters. The first-order chi connectivity index (χ1) is 13.0. The first-order valence-corrected chi connectivity index (χ1v) is 9.82. The normalized spacial score (nSPS) is 21.3. The fourth-order valence-corrected chi connectivity index (χ4v) is 4.07. The van der Waals surface area contributed by atoms with Crippen molar-refractivity contribution >= 4 is 24.2 Å². The fourth-order valence-electron chi connectivity index (χ4n) is 4.07. The highest BCUT2D eigenvalue weighted by Gasteiger charge is 2.37. The van der Waals surface area contributed by atoms with Gasteiger partial charge >= 0.3 is 0 Å².